The molecular formula is C20H24N2O2S. The summed E-state index contributed by atoms with van der Waals surface area (Å²) in [5, 5.41) is 0.775. The van der Waals surface area contributed by atoms with Crippen molar-refractivity contribution < 1.29 is 9.53 Å². The molecule has 2 atom stereocenters. The Hall–Kier alpha value is -2.27. The summed E-state index contributed by atoms with van der Waals surface area (Å²) >= 11 is 1.31. The van der Waals surface area contributed by atoms with Crippen LogP contribution in [0.2, 0.25) is 0 Å². The van der Waals surface area contributed by atoms with Crippen molar-refractivity contribution in [2.45, 2.75) is 20.8 Å². The van der Waals surface area contributed by atoms with Crippen LogP contribution in [0.3, 0.4) is 0 Å². The molecule has 0 saturated carbocycles. The van der Waals surface area contributed by atoms with Gasteiger partial charge in [0.05, 0.1) is 16.6 Å². The predicted octanol–water partition coefficient (Wildman–Crippen LogP) is 4.28. The van der Waals surface area contributed by atoms with E-state index in [0.29, 0.717) is 11.5 Å². The van der Waals surface area contributed by atoms with Gasteiger partial charge in [0.1, 0.15) is 5.82 Å². The summed E-state index contributed by atoms with van der Waals surface area (Å²) < 4.78 is 5.09. The zero-order valence-corrected chi connectivity index (χ0v) is 15.7. The number of esters is 1. The summed E-state index contributed by atoms with van der Waals surface area (Å²) in [6.07, 6.45) is 6.11. The zero-order valence-electron chi connectivity index (χ0n) is 14.9. The summed E-state index contributed by atoms with van der Waals surface area (Å²) in [5.74, 6) is 0.0472. The molecule has 0 radical (unpaired) electrons. The highest BCUT2D eigenvalue weighted by Gasteiger charge is 2.31. The van der Waals surface area contributed by atoms with Gasteiger partial charge < -0.3 is 10.5 Å². The minimum absolute atomic E-state index is 0.0218. The van der Waals surface area contributed by atoms with Gasteiger partial charge in [-0.25, -0.2) is 9.79 Å². The zero-order chi connectivity index (χ0) is 18.4. The maximum absolute atomic E-state index is 12.0. The molecule has 0 saturated heterocycles. The molecular weight excluding hydrogens is 332 g/mol. The van der Waals surface area contributed by atoms with Crippen molar-refractivity contribution in [3.8, 4) is 0 Å². The van der Waals surface area contributed by atoms with Crippen molar-refractivity contribution in [2.24, 2.45) is 22.6 Å². The molecule has 25 heavy (non-hydrogen) atoms. The van der Waals surface area contributed by atoms with Gasteiger partial charge in [0, 0.05) is 5.92 Å². The third-order valence-corrected chi connectivity index (χ3v) is 4.89. The van der Waals surface area contributed by atoms with Crippen LogP contribution in [0.4, 0.5) is 0 Å². The molecule has 2 rings (SSSR count). The lowest BCUT2D eigenvalue weighted by Crippen LogP contribution is -2.13. The molecule has 5 heteroatoms. The molecule has 4 nitrogen and oxygen atoms in total. The second-order valence-electron chi connectivity index (χ2n) is 5.95. The minimum atomic E-state index is -0.319. The van der Waals surface area contributed by atoms with Gasteiger partial charge in [-0.15, -0.1) is 0 Å². The molecule has 1 aliphatic heterocycles. The molecule has 1 aromatic rings. The largest absolute Gasteiger partial charge is 0.462 e. The maximum atomic E-state index is 12.0. The molecule has 2 unspecified atom stereocenters. The maximum Gasteiger partial charge on any atom is 0.344 e. The van der Waals surface area contributed by atoms with Crippen molar-refractivity contribution in [1.82, 2.24) is 0 Å². The Morgan fingerprint density at radius 3 is 2.72 bits per heavy atom. The number of aliphatic imine (C=N–C) groups is 1. The first-order chi connectivity index (χ1) is 11.9. The first-order valence-corrected chi connectivity index (χ1v) is 9.07. The van der Waals surface area contributed by atoms with Crippen molar-refractivity contribution in [3.05, 3.63) is 64.8 Å². The molecule has 1 heterocycles. The van der Waals surface area contributed by atoms with Crippen molar-refractivity contribution in [2.75, 3.05) is 6.61 Å². The molecule has 0 amide bonds. The molecule has 0 fully saturated rings. The van der Waals surface area contributed by atoms with E-state index in [0.717, 1.165) is 10.6 Å². The molecule has 1 aromatic carbocycles. The van der Waals surface area contributed by atoms with E-state index in [4.69, 9.17) is 10.5 Å². The average Bonchev–Trinajstić information content (AvgIpc) is 2.97. The third kappa shape index (κ3) is 5.36. The van der Waals surface area contributed by atoms with E-state index in [-0.39, 0.29) is 23.6 Å². The summed E-state index contributed by atoms with van der Waals surface area (Å²) in [7, 11) is 0. The summed E-state index contributed by atoms with van der Waals surface area (Å²) in [6, 6.07) is 8.33. The van der Waals surface area contributed by atoms with Crippen LogP contribution in [0.1, 0.15) is 25.0 Å². The number of thioether (sulfide) groups is 1. The summed E-state index contributed by atoms with van der Waals surface area (Å²) in [6.45, 7) is 9.94. The Kier molecular flexibility index (Phi) is 6.65. The van der Waals surface area contributed by atoms with Crippen molar-refractivity contribution in [3.63, 3.8) is 0 Å². The van der Waals surface area contributed by atoms with Gasteiger partial charge in [-0.05, 0) is 25.3 Å². The molecule has 1 aliphatic rings. The van der Waals surface area contributed by atoms with Gasteiger partial charge in [0.2, 0.25) is 0 Å². The highest BCUT2D eigenvalue weighted by molar-refractivity contribution is 8.18. The summed E-state index contributed by atoms with van der Waals surface area (Å²) in [5.41, 5.74) is 8.01. The highest BCUT2D eigenvalue weighted by Crippen LogP contribution is 2.38. The van der Waals surface area contributed by atoms with E-state index in [1.807, 2.05) is 6.08 Å². The number of carbonyl (C=O) groups excluding carboxylic acids is 1. The van der Waals surface area contributed by atoms with E-state index in [9.17, 15) is 4.79 Å². The normalized spacial score (nSPS) is 19.9. The first-order valence-electron chi connectivity index (χ1n) is 8.25. The lowest BCUT2D eigenvalue weighted by molar-refractivity contribution is -0.137. The number of ether oxygens (including phenoxy) is 1. The number of rotatable bonds is 6. The Morgan fingerprint density at radius 2 is 2.12 bits per heavy atom. The predicted molar refractivity (Wildman–Crippen MR) is 106 cm³/mol. The van der Waals surface area contributed by atoms with Gasteiger partial charge >= 0.3 is 5.97 Å². The van der Waals surface area contributed by atoms with Crippen LogP contribution in [0.5, 0.6) is 0 Å². The number of allylic oxidation sites excluding steroid dienone is 2. The fourth-order valence-corrected chi connectivity index (χ4v) is 3.60. The fourth-order valence-electron chi connectivity index (χ4n) is 2.44. The van der Waals surface area contributed by atoms with Gasteiger partial charge in [-0.2, -0.15) is 0 Å². The quantitative estimate of drug-likeness (QED) is 0.773. The number of nitrogens with zero attached hydrogens (tertiary/aromatic N) is 1. The average molecular weight is 356 g/mol. The minimum Gasteiger partial charge on any atom is -0.462 e. The topological polar surface area (TPSA) is 64.7 Å². The number of carbonyl (C=O) groups is 1. The number of nitrogens with two attached hydrogens (primary N) is 1. The first kappa shape index (κ1) is 19.1. The number of benzene rings is 1. The third-order valence-electron chi connectivity index (χ3n) is 3.80. The smallest absolute Gasteiger partial charge is 0.344 e. The Morgan fingerprint density at radius 1 is 1.44 bits per heavy atom. The number of hydrogen-bond donors (Lipinski definition) is 1. The van der Waals surface area contributed by atoms with Crippen LogP contribution in [0.15, 0.2) is 58.7 Å². The molecule has 0 aliphatic carbocycles. The second kappa shape index (κ2) is 8.72. The van der Waals surface area contributed by atoms with Crippen LogP contribution < -0.4 is 5.73 Å². The van der Waals surface area contributed by atoms with E-state index in [2.05, 4.69) is 61.8 Å². The van der Waals surface area contributed by atoms with E-state index >= 15 is 0 Å². The van der Waals surface area contributed by atoms with Gasteiger partial charge in [-0.1, -0.05) is 73.3 Å². The summed E-state index contributed by atoms with van der Waals surface area (Å²) in [4.78, 5) is 16.9. The molecule has 0 aromatic heterocycles. The van der Waals surface area contributed by atoms with Crippen molar-refractivity contribution in [1.29, 1.82) is 0 Å². The standard InChI is InChI=1S/C20H24N2O2S/c1-5-24-20(23)18-12-17(19(25-18)22-15(4)21)14(3)8-11-16-9-6-13(2)7-10-16/h6-12,14,17H,4-5,21H2,1-3H3/b11-8+,22-19+. The molecule has 2 N–H and O–H groups in total. The van der Waals surface area contributed by atoms with Crippen LogP contribution in [0.25, 0.3) is 6.08 Å². The SMILES string of the molecule is C=C(N)/N=C1/SC(C(=O)OCC)=CC1C(C)/C=C/c1ccc(C)cc1. The van der Waals surface area contributed by atoms with Crippen LogP contribution in [-0.2, 0) is 9.53 Å². The monoisotopic (exact) mass is 356 g/mol. The number of aryl methyl sites for hydroxylation is 1. The van der Waals surface area contributed by atoms with Crippen LogP contribution >= 0.6 is 11.8 Å². The van der Waals surface area contributed by atoms with E-state index in [1.54, 1.807) is 6.92 Å². The van der Waals surface area contributed by atoms with E-state index < -0.39 is 0 Å². The van der Waals surface area contributed by atoms with Crippen LogP contribution in [0, 0.1) is 18.8 Å². The number of hydrogen-bond acceptors (Lipinski definition) is 5. The lowest BCUT2D eigenvalue weighted by atomic mass is 9.93. The van der Waals surface area contributed by atoms with Gasteiger partial charge in [-0.3, -0.25) is 0 Å². The van der Waals surface area contributed by atoms with Gasteiger partial charge in [0.25, 0.3) is 0 Å². The highest BCUT2D eigenvalue weighted by atomic mass is 32.2. The van der Waals surface area contributed by atoms with Gasteiger partial charge in [0.15, 0.2) is 0 Å². The Labute approximate surface area is 153 Å². The van der Waals surface area contributed by atoms with Crippen molar-refractivity contribution >= 4 is 28.9 Å². The second-order valence-corrected chi connectivity index (χ2v) is 7.01. The van der Waals surface area contributed by atoms with Crippen LogP contribution in [-0.4, -0.2) is 17.6 Å². The Bertz CT molecular complexity index is 733. The van der Waals surface area contributed by atoms with E-state index in [1.165, 1.54) is 17.3 Å². The Balaban J connectivity index is 2.20. The fraction of sp³-hybridized carbons (Fsp3) is 0.300. The molecule has 0 spiro atoms. The lowest BCUT2D eigenvalue weighted by Gasteiger charge is -2.14. The molecule has 132 valence electrons. The molecule has 0 bridgehead atoms.